The highest BCUT2D eigenvalue weighted by molar-refractivity contribution is 6.33. The Morgan fingerprint density at radius 3 is 2.67 bits per heavy atom. The molecule has 3 heteroatoms. The third-order valence-electron chi connectivity index (χ3n) is 3.34. The van der Waals surface area contributed by atoms with Crippen LogP contribution in [0.4, 0.5) is 0 Å². The minimum atomic E-state index is 0.0167. The Balaban J connectivity index is 2.08. The fourth-order valence-corrected chi connectivity index (χ4v) is 2.41. The number of benzene rings is 1. The van der Waals surface area contributed by atoms with Crippen molar-refractivity contribution in [2.45, 2.75) is 25.4 Å². The van der Waals surface area contributed by atoms with Crippen LogP contribution in [0.2, 0.25) is 5.02 Å². The molecule has 92 valence electrons. The average Bonchev–Trinajstić information content (AvgIpc) is 3.23. The Morgan fingerprint density at radius 1 is 1.22 bits per heavy atom. The molecule has 2 aromatic rings. The van der Waals surface area contributed by atoms with Crippen molar-refractivity contribution < 1.29 is 5.11 Å². The molecule has 0 aliphatic heterocycles. The monoisotopic (exact) mass is 259 g/mol. The van der Waals surface area contributed by atoms with E-state index in [0.717, 1.165) is 22.4 Å². The second-order valence-corrected chi connectivity index (χ2v) is 5.09. The summed E-state index contributed by atoms with van der Waals surface area (Å²) in [6.07, 6.45) is 4.26. The number of halogens is 1. The van der Waals surface area contributed by atoms with Crippen LogP contribution in [-0.4, -0.2) is 10.1 Å². The third kappa shape index (κ3) is 2.14. The van der Waals surface area contributed by atoms with Crippen LogP contribution in [0.5, 0.6) is 0 Å². The van der Waals surface area contributed by atoms with Gasteiger partial charge in [-0.25, -0.2) is 0 Å². The predicted molar refractivity (Wildman–Crippen MR) is 72.6 cm³/mol. The number of nitrogens with zero attached hydrogens (tertiary/aromatic N) is 1. The molecule has 1 aromatic carbocycles. The summed E-state index contributed by atoms with van der Waals surface area (Å²) >= 11 is 6.19. The van der Waals surface area contributed by atoms with E-state index in [1.165, 1.54) is 12.8 Å². The van der Waals surface area contributed by atoms with Crippen LogP contribution in [0.1, 0.15) is 30.0 Å². The Hall–Kier alpha value is -1.38. The first-order valence-electron chi connectivity index (χ1n) is 6.14. The van der Waals surface area contributed by atoms with E-state index in [1.807, 2.05) is 36.5 Å². The van der Waals surface area contributed by atoms with Gasteiger partial charge in [-0.05, 0) is 30.5 Å². The second kappa shape index (κ2) is 4.71. The Labute approximate surface area is 111 Å². The van der Waals surface area contributed by atoms with Gasteiger partial charge in [0.05, 0.1) is 6.61 Å². The maximum Gasteiger partial charge on any atom is 0.0689 e. The highest BCUT2D eigenvalue weighted by Gasteiger charge is 2.25. The van der Waals surface area contributed by atoms with Gasteiger partial charge in [0.1, 0.15) is 0 Å². The highest BCUT2D eigenvalue weighted by Crippen LogP contribution is 2.40. The van der Waals surface area contributed by atoms with Crippen molar-refractivity contribution in [1.29, 1.82) is 0 Å². The van der Waals surface area contributed by atoms with E-state index in [9.17, 15) is 5.11 Å². The van der Waals surface area contributed by atoms with Crippen molar-refractivity contribution in [2.75, 3.05) is 0 Å². The summed E-state index contributed by atoms with van der Waals surface area (Å²) in [6, 6.07) is 9.66. The SMILES string of the molecule is OCc1cc(C2CC2)ncc1-c1ccccc1Cl. The van der Waals surface area contributed by atoms with Crippen molar-refractivity contribution >= 4 is 11.6 Å². The molecule has 18 heavy (non-hydrogen) atoms. The standard InChI is InChI=1S/C15H14ClNO/c16-14-4-2-1-3-12(14)13-8-17-15(10-5-6-10)7-11(13)9-18/h1-4,7-8,10,18H,5-6,9H2. The van der Waals surface area contributed by atoms with E-state index in [2.05, 4.69) is 4.98 Å². The van der Waals surface area contributed by atoms with Crippen LogP contribution in [0.25, 0.3) is 11.1 Å². The highest BCUT2D eigenvalue weighted by atomic mass is 35.5. The zero-order valence-electron chi connectivity index (χ0n) is 9.94. The number of rotatable bonds is 3. The molecule has 1 aromatic heterocycles. The van der Waals surface area contributed by atoms with Gasteiger partial charge < -0.3 is 5.11 Å². The van der Waals surface area contributed by atoms with Gasteiger partial charge in [0.25, 0.3) is 0 Å². The van der Waals surface area contributed by atoms with Gasteiger partial charge in [-0.2, -0.15) is 0 Å². The fraction of sp³-hybridized carbons (Fsp3) is 0.267. The molecule has 1 saturated carbocycles. The van der Waals surface area contributed by atoms with Gasteiger partial charge in [-0.15, -0.1) is 0 Å². The van der Waals surface area contributed by atoms with Gasteiger partial charge in [0.2, 0.25) is 0 Å². The average molecular weight is 260 g/mol. The summed E-state index contributed by atoms with van der Waals surface area (Å²) in [4.78, 5) is 4.50. The van der Waals surface area contributed by atoms with E-state index in [4.69, 9.17) is 11.6 Å². The van der Waals surface area contributed by atoms with Crippen LogP contribution in [-0.2, 0) is 6.61 Å². The van der Waals surface area contributed by atoms with E-state index >= 15 is 0 Å². The Kier molecular flexibility index (Phi) is 3.06. The molecule has 1 fully saturated rings. The minimum Gasteiger partial charge on any atom is -0.392 e. The molecule has 1 heterocycles. The smallest absolute Gasteiger partial charge is 0.0689 e. The van der Waals surface area contributed by atoms with Gasteiger partial charge in [0, 0.05) is 34.0 Å². The lowest BCUT2D eigenvalue weighted by Crippen LogP contribution is -1.95. The Bertz CT molecular complexity index is 578. The van der Waals surface area contributed by atoms with Crippen LogP contribution in [0.3, 0.4) is 0 Å². The van der Waals surface area contributed by atoms with Crippen LogP contribution in [0, 0.1) is 0 Å². The van der Waals surface area contributed by atoms with Crippen LogP contribution in [0.15, 0.2) is 36.5 Å². The van der Waals surface area contributed by atoms with Crippen LogP contribution >= 0.6 is 11.6 Å². The summed E-state index contributed by atoms with van der Waals surface area (Å²) in [6.45, 7) is 0.0167. The minimum absolute atomic E-state index is 0.0167. The molecule has 2 nitrogen and oxygen atoms in total. The van der Waals surface area contributed by atoms with Gasteiger partial charge in [0.15, 0.2) is 0 Å². The number of hydrogen-bond donors (Lipinski definition) is 1. The molecule has 0 atom stereocenters. The summed E-state index contributed by atoms with van der Waals surface area (Å²) in [5, 5.41) is 10.2. The normalized spacial score (nSPS) is 14.8. The first kappa shape index (κ1) is 11.7. The fourth-order valence-electron chi connectivity index (χ4n) is 2.17. The first-order valence-corrected chi connectivity index (χ1v) is 6.52. The maximum atomic E-state index is 9.53. The molecule has 0 bridgehead atoms. The Morgan fingerprint density at radius 2 is 2.00 bits per heavy atom. The van der Waals surface area contributed by atoms with E-state index in [1.54, 1.807) is 0 Å². The maximum absolute atomic E-state index is 9.53. The van der Waals surface area contributed by atoms with Crippen molar-refractivity contribution in [3.63, 3.8) is 0 Å². The van der Waals surface area contributed by atoms with Crippen molar-refractivity contribution in [3.8, 4) is 11.1 Å². The molecular formula is C15H14ClNO. The number of aromatic nitrogens is 1. The van der Waals surface area contributed by atoms with Gasteiger partial charge >= 0.3 is 0 Å². The van der Waals surface area contributed by atoms with Crippen LogP contribution < -0.4 is 0 Å². The lowest BCUT2D eigenvalue weighted by atomic mass is 10.0. The van der Waals surface area contributed by atoms with E-state index < -0.39 is 0 Å². The summed E-state index contributed by atoms with van der Waals surface area (Å²) < 4.78 is 0. The first-order chi connectivity index (χ1) is 8.79. The number of aliphatic hydroxyl groups excluding tert-OH is 1. The lowest BCUT2D eigenvalue weighted by molar-refractivity contribution is 0.282. The summed E-state index contributed by atoms with van der Waals surface area (Å²) in [5.74, 6) is 0.593. The van der Waals surface area contributed by atoms with Crippen molar-refractivity contribution in [3.05, 3.63) is 52.8 Å². The molecular weight excluding hydrogens is 246 g/mol. The van der Waals surface area contributed by atoms with Gasteiger partial charge in [-0.3, -0.25) is 4.98 Å². The molecule has 0 amide bonds. The largest absolute Gasteiger partial charge is 0.392 e. The quantitative estimate of drug-likeness (QED) is 0.910. The van der Waals surface area contributed by atoms with Gasteiger partial charge in [-0.1, -0.05) is 29.8 Å². The second-order valence-electron chi connectivity index (χ2n) is 4.68. The number of hydrogen-bond acceptors (Lipinski definition) is 2. The zero-order valence-corrected chi connectivity index (χ0v) is 10.7. The third-order valence-corrected chi connectivity index (χ3v) is 3.67. The number of aliphatic hydroxyl groups is 1. The number of pyridine rings is 1. The topological polar surface area (TPSA) is 33.1 Å². The molecule has 3 rings (SSSR count). The molecule has 1 aliphatic carbocycles. The zero-order chi connectivity index (χ0) is 12.5. The summed E-state index contributed by atoms with van der Waals surface area (Å²) in [5.41, 5.74) is 3.85. The molecule has 0 saturated heterocycles. The lowest BCUT2D eigenvalue weighted by Gasteiger charge is -2.10. The van der Waals surface area contributed by atoms with Crippen molar-refractivity contribution in [1.82, 2.24) is 4.98 Å². The molecule has 0 unspecified atom stereocenters. The van der Waals surface area contributed by atoms with E-state index in [0.29, 0.717) is 10.9 Å². The molecule has 1 N–H and O–H groups in total. The summed E-state index contributed by atoms with van der Waals surface area (Å²) in [7, 11) is 0. The molecule has 0 radical (unpaired) electrons. The molecule has 1 aliphatic rings. The molecule has 0 spiro atoms. The van der Waals surface area contributed by atoms with Crippen molar-refractivity contribution in [2.24, 2.45) is 0 Å². The van der Waals surface area contributed by atoms with E-state index in [-0.39, 0.29) is 6.61 Å². The predicted octanol–water partition coefficient (Wildman–Crippen LogP) is 3.77.